The molecule has 0 radical (unpaired) electrons. The number of rotatable bonds is 5. The molecule has 0 N–H and O–H groups in total. The number of hydrogen-bond donors (Lipinski definition) is 0. The lowest BCUT2D eigenvalue weighted by Crippen LogP contribution is -2.00. The van der Waals surface area contributed by atoms with Gasteiger partial charge in [-0.15, -0.1) is 22.7 Å². The van der Waals surface area contributed by atoms with Crippen molar-refractivity contribution in [2.75, 3.05) is 0 Å². The van der Waals surface area contributed by atoms with Crippen LogP contribution in [0.2, 0.25) is 0 Å². The average Bonchev–Trinajstić information content (AvgIpc) is 3.94. The Bertz CT molecular complexity index is 3180. The molecule has 0 aliphatic carbocycles. The number of thiophene rings is 1. The lowest BCUT2D eigenvalue weighted by atomic mass is 10.0. The van der Waals surface area contributed by atoms with Gasteiger partial charge in [-0.2, -0.15) is 0 Å². The van der Waals surface area contributed by atoms with Crippen molar-refractivity contribution < 1.29 is 4.42 Å². The van der Waals surface area contributed by atoms with E-state index in [0.29, 0.717) is 17.5 Å². The van der Waals surface area contributed by atoms with Gasteiger partial charge in [-0.25, -0.2) is 19.9 Å². The van der Waals surface area contributed by atoms with E-state index in [0.717, 1.165) is 59.4 Å². The molecular formula is C46H26N4OS2. The highest BCUT2D eigenvalue weighted by atomic mass is 32.1. The van der Waals surface area contributed by atoms with Crippen LogP contribution >= 0.6 is 22.7 Å². The van der Waals surface area contributed by atoms with Gasteiger partial charge in [-0.3, -0.25) is 0 Å². The van der Waals surface area contributed by atoms with Crippen molar-refractivity contribution in [3.05, 3.63) is 158 Å². The number of hydrogen-bond acceptors (Lipinski definition) is 7. The highest BCUT2D eigenvalue weighted by Gasteiger charge is 2.20. The Morgan fingerprint density at radius 2 is 1.08 bits per heavy atom. The van der Waals surface area contributed by atoms with Gasteiger partial charge in [0.25, 0.3) is 0 Å². The zero-order valence-electron chi connectivity index (χ0n) is 28.0. The first kappa shape index (κ1) is 30.1. The maximum absolute atomic E-state index is 6.24. The zero-order chi connectivity index (χ0) is 34.9. The van der Waals surface area contributed by atoms with E-state index < -0.39 is 0 Å². The third kappa shape index (κ3) is 5.04. The number of thiazole rings is 1. The molecular weight excluding hydrogens is 689 g/mol. The molecule has 7 heteroatoms. The first-order valence-corrected chi connectivity index (χ1v) is 19.0. The molecule has 11 aromatic rings. The van der Waals surface area contributed by atoms with Crippen LogP contribution in [0.3, 0.4) is 0 Å². The summed E-state index contributed by atoms with van der Waals surface area (Å²) in [5.74, 6) is 1.87. The maximum Gasteiger partial charge on any atom is 0.165 e. The molecule has 0 amide bonds. The van der Waals surface area contributed by atoms with Crippen LogP contribution in [0.5, 0.6) is 0 Å². The smallest absolute Gasteiger partial charge is 0.165 e. The van der Waals surface area contributed by atoms with E-state index in [-0.39, 0.29) is 0 Å². The fourth-order valence-corrected chi connectivity index (χ4v) is 9.45. The minimum atomic E-state index is 0.609. The monoisotopic (exact) mass is 714 g/mol. The Kier molecular flexibility index (Phi) is 6.83. The summed E-state index contributed by atoms with van der Waals surface area (Å²) in [7, 11) is 0. The third-order valence-corrected chi connectivity index (χ3v) is 12.1. The molecule has 0 fully saturated rings. The third-order valence-electron chi connectivity index (χ3n) is 9.79. The highest BCUT2D eigenvalue weighted by molar-refractivity contribution is 7.26. The standard InChI is InChI=1S/C46H26N4OS2/c1-3-11-27(12-4-1)29-21-23-36-40(26-29)53-46(47-36)30-22-24-39-35(25-30)31-16-9-18-34(42(31)52-39)45-49-43(28-13-5-2-6-14-28)48-44(50-45)33-17-10-20-38-41(33)32-15-7-8-19-37(32)51-38/h1-26H. The first-order valence-electron chi connectivity index (χ1n) is 17.4. The fraction of sp³-hybridized carbons (Fsp3) is 0. The number of fused-ring (bicyclic) bond motifs is 7. The predicted molar refractivity (Wildman–Crippen MR) is 220 cm³/mol. The molecule has 0 unspecified atom stereocenters. The van der Waals surface area contributed by atoms with Gasteiger partial charge in [-0.1, -0.05) is 115 Å². The molecule has 0 saturated heterocycles. The molecule has 11 rings (SSSR count). The minimum absolute atomic E-state index is 0.609. The predicted octanol–water partition coefficient (Wildman–Crippen LogP) is 13.1. The Morgan fingerprint density at radius 1 is 0.396 bits per heavy atom. The van der Waals surface area contributed by atoms with Gasteiger partial charge in [0.2, 0.25) is 0 Å². The molecule has 4 aromatic heterocycles. The molecule has 53 heavy (non-hydrogen) atoms. The summed E-state index contributed by atoms with van der Waals surface area (Å²) in [5.41, 5.74) is 8.99. The Balaban J connectivity index is 1.06. The van der Waals surface area contributed by atoms with Crippen molar-refractivity contribution in [3.63, 3.8) is 0 Å². The lowest BCUT2D eigenvalue weighted by Gasteiger charge is -2.10. The highest BCUT2D eigenvalue weighted by Crippen LogP contribution is 2.43. The fourth-order valence-electron chi connectivity index (χ4n) is 7.26. The normalized spacial score (nSPS) is 11.8. The SMILES string of the molecule is c1ccc(-c2ccc3nc(-c4ccc5sc6c(-c7nc(-c8ccccc8)nc(-c8cccc9oc%10ccccc%10c89)n7)cccc6c5c4)sc3c2)cc1. The number of para-hydroxylation sites is 1. The van der Waals surface area contributed by atoms with Gasteiger partial charge in [0, 0.05) is 53.2 Å². The summed E-state index contributed by atoms with van der Waals surface area (Å²) >= 11 is 3.50. The first-order chi connectivity index (χ1) is 26.2. The van der Waals surface area contributed by atoms with E-state index in [4.69, 9.17) is 24.4 Å². The van der Waals surface area contributed by atoms with Crippen molar-refractivity contribution in [1.82, 2.24) is 19.9 Å². The molecule has 5 nitrogen and oxygen atoms in total. The second-order valence-corrected chi connectivity index (χ2v) is 15.1. The van der Waals surface area contributed by atoms with Crippen molar-refractivity contribution in [3.8, 4) is 55.9 Å². The van der Waals surface area contributed by atoms with E-state index >= 15 is 0 Å². The van der Waals surface area contributed by atoms with Gasteiger partial charge >= 0.3 is 0 Å². The molecule has 248 valence electrons. The molecule has 0 saturated carbocycles. The van der Waals surface area contributed by atoms with Crippen molar-refractivity contribution in [2.45, 2.75) is 0 Å². The Morgan fingerprint density at radius 3 is 1.94 bits per heavy atom. The topological polar surface area (TPSA) is 64.7 Å². The maximum atomic E-state index is 6.24. The largest absolute Gasteiger partial charge is 0.456 e. The van der Waals surface area contributed by atoms with E-state index in [1.807, 2.05) is 66.7 Å². The summed E-state index contributed by atoms with van der Waals surface area (Å²) in [4.78, 5) is 20.5. The van der Waals surface area contributed by atoms with Crippen LogP contribution in [0.15, 0.2) is 162 Å². The summed E-state index contributed by atoms with van der Waals surface area (Å²) in [6.45, 7) is 0. The minimum Gasteiger partial charge on any atom is -0.456 e. The van der Waals surface area contributed by atoms with Crippen molar-refractivity contribution >= 4 is 75.0 Å². The molecule has 4 heterocycles. The molecule has 0 spiro atoms. The Hall–Kier alpha value is -6.54. The van der Waals surface area contributed by atoms with Gasteiger partial charge < -0.3 is 4.42 Å². The van der Waals surface area contributed by atoms with Crippen LogP contribution in [0, 0.1) is 0 Å². The number of aromatic nitrogens is 4. The second-order valence-electron chi connectivity index (χ2n) is 13.0. The van der Waals surface area contributed by atoms with Crippen LogP contribution in [-0.2, 0) is 0 Å². The molecule has 0 atom stereocenters. The van der Waals surface area contributed by atoms with Gasteiger partial charge in [0.15, 0.2) is 17.5 Å². The lowest BCUT2D eigenvalue weighted by molar-refractivity contribution is 0.669. The van der Waals surface area contributed by atoms with Crippen LogP contribution < -0.4 is 0 Å². The van der Waals surface area contributed by atoms with E-state index in [2.05, 4.69) is 91.0 Å². The van der Waals surface area contributed by atoms with Crippen molar-refractivity contribution in [1.29, 1.82) is 0 Å². The molecule has 0 aliphatic heterocycles. The quantitative estimate of drug-likeness (QED) is 0.178. The summed E-state index contributed by atoms with van der Waals surface area (Å²) < 4.78 is 9.77. The van der Waals surface area contributed by atoms with E-state index in [1.54, 1.807) is 22.7 Å². The van der Waals surface area contributed by atoms with E-state index in [9.17, 15) is 0 Å². The van der Waals surface area contributed by atoms with Crippen LogP contribution in [0.4, 0.5) is 0 Å². The van der Waals surface area contributed by atoms with Crippen LogP contribution in [0.25, 0.3) is 108 Å². The van der Waals surface area contributed by atoms with Gasteiger partial charge in [0.1, 0.15) is 16.2 Å². The van der Waals surface area contributed by atoms with E-state index in [1.165, 1.54) is 31.3 Å². The molecule has 0 aliphatic rings. The number of benzene rings is 7. The summed E-state index contributed by atoms with van der Waals surface area (Å²) in [6.07, 6.45) is 0. The molecule has 0 bridgehead atoms. The number of nitrogens with zero attached hydrogens (tertiary/aromatic N) is 4. The summed E-state index contributed by atoms with van der Waals surface area (Å²) in [6, 6.07) is 54.5. The Labute approximate surface area is 311 Å². The molecule has 7 aromatic carbocycles. The second kappa shape index (κ2) is 12.0. The van der Waals surface area contributed by atoms with Crippen molar-refractivity contribution in [2.24, 2.45) is 0 Å². The van der Waals surface area contributed by atoms with Crippen LogP contribution in [-0.4, -0.2) is 19.9 Å². The number of furan rings is 1. The van der Waals surface area contributed by atoms with Gasteiger partial charge in [0.05, 0.1) is 10.2 Å². The van der Waals surface area contributed by atoms with Gasteiger partial charge in [-0.05, 0) is 53.6 Å². The average molecular weight is 715 g/mol. The van der Waals surface area contributed by atoms with Crippen LogP contribution in [0.1, 0.15) is 0 Å². The summed E-state index contributed by atoms with van der Waals surface area (Å²) in [5, 5.41) is 5.41. The zero-order valence-corrected chi connectivity index (χ0v) is 29.7.